The highest BCUT2D eigenvalue weighted by atomic mass is 35.5. The maximum atomic E-state index is 13.5. The fourth-order valence-electron chi connectivity index (χ4n) is 2.01. The zero-order valence-corrected chi connectivity index (χ0v) is 14.7. The van der Waals surface area contributed by atoms with Crippen LogP contribution in [0.3, 0.4) is 0 Å². The fourth-order valence-corrected chi connectivity index (χ4v) is 2.22. The molecule has 0 saturated carbocycles. The molecule has 0 aromatic heterocycles. The highest BCUT2D eigenvalue weighted by Gasteiger charge is 2.07. The molecule has 0 heterocycles. The van der Waals surface area contributed by atoms with Crippen LogP contribution in [0.15, 0.2) is 47.6 Å². The number of ether oxygens (including phenoxy) is 1. The van der Waals surface area contributed by atoms with Gasteiger partial charge in [0.1, 0.15) is 11.6 Å². The Bertz CT molecular complexity index is 790. The summed E-state index contributed by atoms with van der Waals surface area (Å²) < 4.78 is 18.6. The van der Waals surface area contributed by atoms with Crippen LogP contribution >= 0.6 is 11.6 Å². The van der Waals surface area contributed by atoms with Gasteiger partial charge in [-0.05, 0) is 29.8 Å². The standard InChI is InChI=1S/C18H17ClFN3O3/c1-26-13-7-5-12(6-8-13)9-17(24)21-11-18(25)23-22-10-14-15(19)3-2-4-16(14)20/h2-8,10H,9,11H2,1H3,(H,21,24)(H,23,25)/b22-10+. The Morgan fingerprint density at radius 1 is 1.19 bits per heavy atom. The number of hydrazone groups is 1. The van der Waals surface area contributed by atoms with Crippen molar-refractivity contribution in [2.45, 2.75) is 6.42 Å². The minimum atomic E-state index is -0.553. The van der Waals surface area contributed by atoms with E-state index in [9.17, 15) is 14.0 Å². The molecular formula is C18H17ClFN3O3. The number of halogens is 2. The van der Waals surface area contributed by atoms with Crippen molar-refractivity contribution in [2.24, 2.45) is 5.10 Å². The molecule has 0 unspecified atom stereocenters. The Morgan fingerprint density at radius 3 is 2.58 bits per heavy atom. The molecule has 2 amide bonds. The van der Waals surface area contributed by atoms with Crippen molar-refractivity contribution in [3.8, 4) is 5.75 Å². The van der Waals surface area contributed by atoms with E-state index >= 15 is 0 Å². The fraction of sp³-hybridized carbons (Fsp3) is 0.167. The van der Waals surface area contributed by atoms with Crippen molar-refractivity contribution in [1.29, 1.82) is 0 Å². The second kappa shape index (κ2) is 9.53. The number of rotatable bonds is 7. The summed E-state index contributed by atoms with van der Waals surface area (Å²) >= 11 is 5.83. The van der Waals surface area contributed by atoms with Gasteiger partial charge in [0.05, 0.1) is 31.3 Å². The summed E-state index contributed by atoms with van der Waals surface area (Å²) in [5.41, 5.74) is 3.05. The van der Waals surface area contributed by atoms with Crippen LogP contribution in [0, 0.1) is 5.82 Å². The maximum Gasteiger partial charge on any atom is 0.259 e. The first kappa shape index (κ1) is 19.4. The third-order valence-electron chi connectivity index (χ3n) is 3.35. The average Bonchev–Trinajstić information content (AvgIpc) is 2.63. The molecule has 0 bridgehead atoms. The normalized spacial score (nSPS) is 10.6. The zero-order chi connectivity index (χ0) is 18.9. The molecule has 0 aliphatic heterocycles. The summed E-state index contributed by atoms with van der Waals surface area (Å²) in [6.45, 7) is -0.253. The third kappa shape index (κ3) is 5.86. The molecule has 0 fully saturated rings. The van der Waals surface area contributed by atoms with Crippen LogP contribution in [0.1, 0.15) is 11.1 Å². The van der Waals surface area contributed by atoms with Crippen LogP contribution in [0.25, 0.3) is 0 Å². The molecule has 136 valence electrons. The number of nitrogens with one attached hydrogen (secondary N) is 2. The monoisotopic (exact) mass is 377 g/mol. The number of hydrogen-bond donors (Lipinski definition) is 2. The highest BCUT2D eigenvalue weighted by Crippen LogP contribution is 2.16. The van der Waals surface area contributed by atoms with E-state index in [2.05, 4.69) is 15.8 Å². The first-order valence-corrected chi connectivity index (χ1v) is 8.03. The molecular weight excluding hydrogens is 361 g/mol. The van der Waals surface area contributed by atoms with Gasteiger partial charge in [-0.2, -0.15) is 5.10 Å². The van der Waals surface area contributed by atoms with Gasteiger partial charge in [0.2, 0.25) is 5.91 Å². The Hall–Kier alpha value is -2.93. The lowest BCUT2D eigenvalue weighted by Gasteiger charge is -2.05. The molecule has 0 atom stereocenters. The van der Waals surface area contributed by atoms with E-state index in [1.165, 1.54) is 18.2 Å². The minimum Gasteiger partial charge on any atom is -0.497 e. The van der Waals surface area contributed by atoms with Gasteiger partial charge in [0.15, 0.2) is 0 Å². The Kier molecular flexibility index (Phi) is 7.11. The number of methoxy groups -OCH3 is 1. The van der Waals surface area contributed by atoms with Crippen molar-refractivity contribution >= 4 is 29.6 Å². The Labute approximate surface area is 155 Å². The SMILES string of the molecule is COc1ccc(CC(=O)NCC(=O)N/N=C/c2c(F)cccc2Cl)cc1. The quantitative estimate of drug-likeness (QED) is 0.574. The van der Waals surface area contributed by atoms with Crippen molar-refractivity contribution in [2.75, 3.05) is 13.7 Å². The summed E-state index contributed by atoms with van der Waals surface area (Å²) in [5.74, 6) is -0.715. The van der Waals surface area contributed by atoms with E-state index in [4.69, 9.17) is 16.3 Å². The van der Waals surface area contributed by atoms with Gasteiger partial charge in [-0.25, -0.2) is 9.82 Å². The number of hydrogen-bond acceptors (Lipinski definition) is 4. The van der Waals surface area contributed by atoms with E-state index in [0.717, 1.165) is 11.8 Å². The van der Waals surface area contributed by atoms with Crippen LogP contribution in [0.5, 0.6) is 5.75 Å². The predicted octanol–water partition coefficient (Wildman–Crippen LogP) is 2.30. The largest absolute Gasteiger partial charge is 0.497 e. The molecule has 8 heteroatoms. The van der Waals surface area contributed by atoms with E-state index in [1.807, 2.05) is 0 Å². The first-order valence-electron chi connectivity index (χ1n) is 7.65. The molecule has 0 aliphatic rings. The third-order valence-corrected chi connectivity index (χ3v) is 3.68. The average molecular weight is 378 g/mol. The topological polar surface area (TPSA) is 79.8 Å². The highest BCUT2D eigenvalue weighted by molar-refractivity contribution is 6.33. The molecule has 0 radical (unpaired) electrons. The summed E-state index contributed by atoms with van der Waals surface area (Å²) in [6, 6.07) is 11.2. The van der Waals surface area contributed by atoms with Gasteiger partial charge in [-0.3, -0.25) is 9.59 Å². The van der Waals surface area contributed by atoms with Gasteiger partial charge in [0.25, 0.3) is 5.91 Å². The van der Waals surface area contributed by atoms with E-state index < -0.39 is 11.7 Å². The number of carbonyl (C=O) groups excluding carboxylic acids is 2. The summed E-state index contributed by atoms with van der Waals surface area (Å²) in [4.78, 5) is 23.5. The molecule has 2 rings (SSSR count). The lowest BCUT2D eigenvalue weighted by Crippen LogP contribution is -2.35. The smallest absolute Gasteiger partial charge is 0.259 e. The molecule has 26 heavy (non-hydrogen) atoms. The first-order chi connectivity index (χ1) is 12.5. The van der Waals surface area contributed by atoms with Crippen molar-refractivity contribution in [3.05, 3.63) is 64.4 Å². The maximum absolute atomic E-state index is 13.5. The van der Waals surface area contributed by atoms with Crippen molar-refractivity contribution in [3.63, 3.8) is 0 Å². The molecule has 2 aromatic rings. The summed E-state index contributed by atoms with van der Waals surface area (Å²) in [5, 5.41) is 6.28. The van der Waals surface area contributed by atoms with Crippen molar-refractivity contribution in [1.82, 2.24) is 10.7 Å². The molecule has 0 saturated heterocycles. The number of carbonyl (C=O) groups is 2. The number of nitrogens with zero attached hydrogens (tertiary/aromatic N) is 1. The Balaban J connectivity index is 1.77. The van der Waals surface area contributed by atoms with Crippen LogP contribution in [-0.4, -0.2) is 31.7 Å². The molecule has 0 spiro atoms. The van der Waals surface area contributed by atoms with Crippen LogP contribution < -0.4 is 15.5 Å². The lowest BCUT2D eigenvalue weighted by molar-refractivity contribution is -0.125. The van der Waals surface area contributed by atoms with Gasteiger partial charge in [0, 0.05) is 5.56 Å². The van der Waals surface area contributed by atoms with Gasteiger partial charge in [-0.1, -0.05) is 29.8 Å². The molecule has 6 nitrogen and oxygen atoms in total. The van der Waals surface area contributed by atoms with Crippen LogP contribution in [-0.2, 0) is 16.0 Å². The predicted molar refractivity (Wildman–Crippen MR) is 96.9 cm³/mol. The van der Waals surface area contributed by atoms with E-state index in [-0.39, 0.29) is 29.5 Å². The lowest BCUT2D eigenvalue weighted by atomic mass is 10.1. The summed E-state index contributed by atoms with van der Waals surface area (Å²) in [6.07, 6.45) is 1.24. The molecule has 2 N–H and O–H groups in total. The Morgan fingerprint density at radius 2 is 1.92 bits per heavy atom. The van der Waals surface area contributed by atoms with E-state index in [1.54, 1.807) is 31.4 Å². The minimum absolute atomic E-state index is 0.0676. The second-order valence-electron chi connectivity index (χ2n) is 5.23. The van der Waals surface area contributed by atoms with E-state index in [0.29, 0.717) is 5.75 Å². The zero-order valence-electron chi connectivity index (χ0n) is 14.0. The van der Waals surface area contributed by atoms with Crippen LogP contribution in [0.2, 0.25) is 5.02 Å². The molecule has 0 aliphatic carbocycles. The second-order valence-corrected chi connectivity index (χ2v) is 5.64. The van der Waals surface area contributed by atoms with Gasteiger partial charge < -0.3 is 10.1 Å². The van der Waals surface area contributed by atoms with Gasteiger partial charge >= 0.3 is 0 Å². The van der Waals surface area contributed by atoms with Crippen LogP contribution in [0.4, 0.5) is 4.39 Å². The summed E-state index contributed by atoms with van der Waals surface area (Å²) in [7, 11) is 1.56. The molecule has 2 aromatic carbocycles. The van der Waals surface area contributed by atoms with Crippen molar-refractivity contribution < 1.29 is 18.7 Å². The number of benzene rings is 2. The van der Waals surface area contributed by atoms with Gasteiger partial charge in [-0.15, -0.1) is 0 Å². The number of amides is 2.